The summed E-state index contributed by atoms with van der Waals surface area (Å²) in [7, 11) is -3.06. The highest BCUT2D eigenvalue weighted by Gasteiger charge is 2.29. The highest BCUT2D eigenvalue weighted by atomic mass is 32.2. The standard InChI is InChI=1S/C16H21NO6S/c1-11-3-4-14(7-12(11)2)22-9-16(19)23-8-15(18)17-13-5-6-24(20,21)10-13/h3-4,7,13H,5-6,8-10H2,1-2H3,(H,17,18). The molecule has 0 aliphatic carbocycles. The molecule has 1 aromatic carbocycles. The molecule has 132 valence electrons. The third-order valence-electron chi connectivity index (χ3n) is 3.80. The van der Waals surface area contributed by atoms with Crippen molar-refractivity contribution in [2.45, 2.75) is 26.3 Å². The Morgan fingerprint density at radius 2 is 1.96 bits per heavy atom. The molecule has 0 spiro atoms. The third-order valence-corrected chi connectivity index (χ3v) is 5.56. The highest BCUT2D eigenvalue weighted by molar-refractivity contribution is 7.91. The van der Waals surface area contributed by atoms with E-state index in [0.717, 1.165) is 11.1 Å². The molecule has 2 rings (SSSR count). The van der Waals surface area contributed by atoms with Crippen LogP contribution in [0.25, 0.3) is 0 Å². The predicted molar refractivity (Wildman–Crippen MR) is 87.6 cm³/mol. The summed E-state index contributed by atoms with van der Waals surface area (Å²) < 4.78 is 32.7. The second-order valence-corrected chi connectivity index (χ2v) is 8.09. The van der Waals surface area contributed by atoms with Crippen molar-refractivity contribution in [2.75, 3.05) is 24.7 Å². The van der Waals surface area contributed by atoms with Gasteiger partial charge in [0.05, 0.1) is 11.5 Å². The molecule has 0 aromatic heterocycles. The normalized spacial score (nSPS) is 18.8. The highest BCUT2D eigenvalue weighted by Crippen LogP contribution is 2.16. The zero-order valence-electron chi connectivity index (χ0n) is 13.7. The summed E-state index contributed by atoms with van der Waals surface area (Å²) in [6.07, 6.45) is 0.387. The average molecular weight is 355 g/mol. The minimum absolute atomic E-state index is 0.0669. The number of nitrogens with one attached hydrogen (secondary N) is 1. The van der Waals surface area contributed by atoms with Crippen LogP contribution in [-0.4, -0.2) is 51.1 Å². The molecule has 1 aromatic rings. The lowest BCUT2D eigenvalue weighted by Crippen LogP contribution is -2.38. The molecule has 0 bridgehead atoms. The Bertz CT molecular complexity index is 728. The number of aryl methyl sites for hydroxylation is 2. The number of hydrogen-bond donors (Lipinski definition) is 1. The van der Waals surface area contributed by atoms with E-state index in [1.165, 1.54) is 0 Å². The zero-order chi connectivity index (χ0) is 17.7. The van der Waals surface area contributed by atoms with E-state index in [4.69, 9.17) is 9.47 Å². The van der Waals surface area contributed by atoms with Gasteiger partial charge in [0, 0.05) is 6.04 Å². The number of benzene rings is 1. The Balaban J connectivity index is 1.69. The van der Waals surface area contributed by atoms with Gasteiger partial charge in [-0.1, -0.05) is 6.07 Å². The third kappa shape index (κ3) is 5.52. The molecule has 1 aliphatic heterocycles. The Hall–Kier alpha value is -2.09. The minimum atomic E-state index is -3.06. The van der Waals surface area contributed by atoms with Gasteiger partial charge in [0.15, 0.2) is 23.1 Å². The molecule has 1 heterocycles. The molecule has 1 fully saturated rings. The topological polar surface area (TPSA) is 98.8 Å². The van der Waals surface area contributed by atoms with Gasteiger partial charge in [-0.25, -0.2) is 13.2 Å². The molecule has 7 nitrogen and oxygen atoms in total. The zero-order valence-corrected chi connectivity index (χ0v) is 14.5. The lowest BCUT2D eigenvalue weighted by atomic mass is 10.1. The van der Waals surface area contributed by atoms with Crippen LogP contribution in [0.2, 0.25) is 0 Å². The molecule has 1 unspecified atom stereocenters. The summed E-state index contributed by atoms with van der Waals surface area (Å²) in [5.41, 5.74) is 2.17. The van der Waals surface area contributed by atoms with Crippen LogP contribution in [0.5, 0.6) is 5.75 Å². The van der Waals surface area contributed by atoms with Crippen molar-refractivity contribution < 1.29 is 27.5 Å². The van der Waals surface area contributed by atoms with E-state index in [0.29, 0.717) is 12.2 Å². The predicted octanol–water partition coefficient (Wildman–Crippen LogP) is 0.529. The number of sulfone groups is 1. The molecule has 0 saturated carbocycles. The summed E-state index contributed by atoms with van der Waals surface area (Å²) in [4.78, 5) is 23.2. The molecule has 1 amide bonds. The van der Waals surface area contributed by atoms with Gasteiger partial charge in [0.25, 0.3) is 5.91 Å². The van der Waals surface area contributed by atoms with Crippen LogP contribution >= 0.6 is 0 Å². The lowest BCUT2D eigenvalue weighted by molar-refractivity contribution is -0.150. The van der Waals surface area contributed by atoms with E-state index in [9.17, 15) is 18.0 Å². The van der Waals surface area contributed by atoms with Crippen molar-refractivity contribution in [3.63, 3.8) is 0 Å². The summed E-state index contributed by atoms with van der Waals surface area (Å²) in [6, 6.07) is 5.05. The molecule has 1 N–H and O–H groups in total. The maximum Gasteiger partial charge on any atom is 0.344 e. The summed E-state index contributed by atoms with van der Waals surface area (Å²) >= 11 is 0. The van der Waals surface area contributed by atoms with Crippen LogP contribution in [0.4, 0.5) is 0 Å². The maximum atomic E-state index is 11.6. The second kappa shape index (κ2) is 7.65. The van der Waals surface area contributed by atoms with Gasteiger partial charge in [0.2, 0.25) is 0 Å². The molecule has 1 saturated heterocycles. The minimum Gasteiger partial charge on any atom is -0.482 e. The van der Waals surface area contributed by atoms with Crippen molar-refractivity contribution in [3.05, 3.63) is 29.3 Å². The van der Waals surface area contributed by atoms with Crippen LogP contribution in [0.3, 0.4) is 0 Å². The van der Waals surface area contributed by atoms with Crippen molar-refractivity contribution in [2.24, 2.45) is 0 Å². The van der Waals surface area contributed by atoms with Gasteiger partial charge >= 0.3 is 5.97 Å². The van der Waals surface area contributed by atoms with Crippen LogP contribution in [0, 0.1) is 13.8 Å². The Kier molecular flexibility index (Phi) is 5.82. The lowest BCUT2D eigenvalue weighted by Gasteiger charge is -2.11. The van der Waals surface area contributed by atoms with E-state index in [-0.39, 0.29) is 18.1 Å². The maximum absolute atomic E-state index is 11.6. The van der Waals surface area contributed by atoms with E-state index in [1.54, 1.807) is 6.07 Å². The molecule has 8 heteroatoms. The first-order chi connectivity index (χ1) is 11.2. The van der Waals surface area contributed by atoms with Gasteiger partial charge in [0.1, 0.15) is 5.75 Å². The Labute approximate surface area is 141 Å². The van der Waals surface area contributed by atoms with Crippen LogP contribution < -0.4 is 10.1 Å². The van der Waals surface area contributed by atoms with Crippen molar-refractivity contribution >= 4 is 21.7 Å². The Morgan fingerprint density at radius 1 is 1.21 bits per heavy atom. The van der Waals surface area contributed by atoms with Crippen molar-refractivity contribution in [3.8, 4) is 5.75 Å². The van der Waals surface area contributed by atoms with Crippen LogP contribution in [0.15, 0.2) is 18.2 Å². The number of hydrogen-bond acceptors (Lipinski definition) is 6. The molecular formula is C16H21NO6S. The van der Waals surface area contributed by atoms with Gasteiger partial charge in [-0.15, -0.1) is 0 Å². The van der Waals surface area contributed by atoms with E-state index in [2.05, 4.69) is 5.32 Å². The fourth-order valence-electron chi connectivity index (χ4n) is 2.31. The smallest absolute Gasteiger partial charge is 0.344 e. The monoisotopic (exact) mass is 355 g/mol. The van der Waals surface area contributed by atoms with Crippen molar-refractivity contribution in [1.82, 2.24) is 5.32 Å². The average Bonchev–Trinajstić information content (AvgIpc) is 2.85. The fourth-order valence-corrected chi connectivity index (χ4v) is 3.99. The number of carbonyl (C=O) groups excluding carboxylic acids is 2. The van der Waals surface area contributed by atoms with Crippen LogP contribution in [-0.2, 0) is 24.2 Å². The first kappa shape index (κ1) is 18.3. The molecule has 1 aliphatic rings. The van der Waals surface area contributed by atoms with E-state index in [1.807, 2.05) is 26.0 Å². The number of carbonyl (C=O) groups is 2. The fraction of sp³-hybridized carbons (Fsp3) is 0.500. The van der Waals surface area contributed by atoms with Gasteiger partial charge in [-0.3, -0.25) is 4.79 Å². The molecule has 1 atom stereocenters. The summed E-state index contributed by atoms with van der Waals surface area (Å²) in [6.45, 7) is 3.16. The first-order valence-electron chi connectivity index (χ1n) is 7.60. The van der Waals surface area contributed by atoms with Crippen LogP contribution in [0.1, 0.15) is 17.5 Å². The van der Waals surface area contributed by atoms with Gasteiger partial charge in [-0.2, -0.15) is 0 Å². The summed E-state index contributed by atoms with van der Waals surface area (Å²) in [5.74, 6) is -0.626. The largest absolute Gasteiger partial charge is 0.482 e. The SMILES string of the molecule is Cc1ccc(OCC(=O)OCC(=O)NC2CCS(=O)(=O)C2)cc1C. The van der Waals surface area contributed by atoms with E-state index >= 15 is 0 Å². The second-order valence-electron chi connectivity index (χ2n) is 5.86. The first-order valence-corrected chi connectivity index (χ1v) is 9.43. The molecular weight excluding hydrogens is 334 g/mol. The van der Waals surface area contributed by atoms with Gasteiger partial charge in [-0.05, 0) is 43.5 Å². The Morgan fingerprint density at radius 3 is 2.58 bits per heavy atom. The van der Waals surface area contributed by atoms with Gasteiger partial charge < -0.3 is 14.8 Å². The van der Waals surface area contributed by atoms with E-state index < -0.39 is 34.4 Å². The number of amides is 1. The number of esters is 1. The number of ether oxygens (including phenoxy) is 2. The molecule has 0 radical (unpaired) electrons. The summed E-state index contributed by atoms with van der Waals surface area (Å²) in [5, 5.41) is 2.54. The molecule has 24 heavy (non-hydrogen) atoms. The quantitative estimate of drug-likeness (QED) is 0.748. The van der Waals surface area contributed by atoms with Crippen molar-refractivity contribution in [1.29, 1.82) is 0 Å². The number of rotatable bonds is 6.